The lowest BCUT2D eigenvalue weighted by Crippen LogP contribution is -2.52. The molecule has 1 aromatic rings. The minimum atomic E-state index is -0.0736. The van der Waals surface area contributed by atoms with Gasteiger partial charge < -0.3 is 4.74 Å². The van der Waals surface area contributed by atoms with Crippen molar-refractivity contribution in [1.29, 1.82) is 0 Å². The Morgan fingerprint density at radius 2 is 2.43 bits per heavy atom. The van der Waals surface area contributed by atoms with E-state index in [0.717, 1.165) is 12.8 Å². The zero-order chi connectivity index (χ0) is 10.0. The Hall–Kier alpha value is -0.420. The second-order valence-electron chi connectivity index (χ2n) is 3.78. The Labute approximate surface area is 88.2 Å². The summed E-state index contributed by atoms with van der Waals surface area (Å²) in [6.07, 6.45) is 3.42. The van der Waals surface area contributed by atoms with Gasteiger partial charge in [-0.3, -0.25) is 11.3 Å². The van der Waals surface area contributed by atoms with Crippen LogP contribution in [0.15, 0.2) is 16.8 Å². The van der Waals surface area contributed by atoms with Gasteiger partial charge >= 0.3 is 0 Å². The van der Waals surface area contributed by atoms with Crippen LogP contribution in [-0.4, -0.2) is 12.7 Å². The molecule has 1 unspecified atom stereocenters. The molecular weight excluding hydrogens is 196 g/mol. The van der Waals surface area contributed by atoms with Crippen LogP contribution in [0.2, 0.25) is 0 Å². The van der Waals surface area contributed by atoms with Crippen molar-refractivity contribution in [2.75, 3.05) is 7.11 Å². The molecule has 0 aliphatic heterocycles. The van der Waals surface area contributed by atoms with Crippen LogP contribution in [0.4, 0.5) is 0 Å². The standard InChI is InChI=1S/C10H16N2OS/c1-13-10(4-2-5-10)9(12-11)8-3-6-14-7-8/h3,6-7,9,12H,2,4-5,11H2,1H3. The van der Waals surface area contributed by atoms with Crippen molar-refractivity contribution in [1.82, 2.24) is 5.43 Å². The quantitative estimate of drug-likeness (QED) is 0.591. The van der Waals surface area contributed by atoms with Gasteiger partial charge in [0.25, 0.3) is 0 Å². The third-order valence-corrected chi connectivity index (χ3v) is 3.88. The van der Waals surface area contributed by atoms with Crippen molar-refractivity contribution in [3.8, 4) is 0 Å². The van der Waals surface area contributed by atoms with Crippen molar-refractivity contribution in [2.45, 2.75) is 30.9 Å². The highest BCUT2D eigenvalue weighted by atomic mass is 32.1. The molecule has 1 aliphatic carbocycles. The molecule has 2 rings (SSSR count). The SMILES string of the molecule is COC1(C(NN)c2ccsc2)CCC1. The van der Waals surface area contributed by atoms with E-state index in [-0.39, 0.29) is 11.6 Å². The molecule has 1 aliphatic rings. The lowest BCUT2D eigenvalue weighted by Gasteiger charge is -2.46. The summed E-state index contributed by atoms with van der Waals surface area (Å²) in [7, 11) is 1.77. The van der Waals surface area contributed by atoms with Gasteiger partial charge in [0, 0.05) is 7.11 Å². The van der Waals surface area contributed by atoms with Gasteiger partial charge in [-0.05, 0) is 41.7 Å². The van der Waals surface area contributed by atoms with Gasteiger partial charge in [-0.1, -0.05) is 0 Å². The second kappa shape index (κ2) is 3.98. The molecule has 0 amide bonds. The summed E-state index contributed by atoms with van der Waals surface area (Å²) >= 11 is 1.69. The third kappa shape index (κ3) is 1.48. The van der Waals surface area contributed by atoms with Crippen LogP contribution in [0.1, 0.15) is 30.9 Å². The summed E-state index contributed by atoms with van der Waals surface area (Å²) in [5.41, 5.74) is 4.04. The molecule has 1 heterocycles. The van der Waals surface area contributed by atoms with Gasteiger partial charge in [0.1, 0.15) is 0 Å². The lowest BCUT2D eigenvalue weighted by atomic mass is 9.73. The molecule has 0 aromatic carbocycles. The van der Waals surface area contributed by atoms with Crippen molar-refractivity contribution in [3.63, 3.8) is 0 Å². The molecule has 4 heteroatoms. The zero-order valence-corrected chi connectivity index (χ0v) is 9.14. The number of nitrogens with one attached hydrogen (secondary N) is 1. The summed E-state index contributed by atoms with van der Waals surface area (Å²) in [5.74, 6) is 5.61. The zero-order valence-electron chi connectivity index (χ0n) is 8.32. The Morgan fingerprint density at radius 1 is 1.64 bits per heavy atom. The number of ether oxygens (including phenoxy) is 1. The van der Waals surface area contributed by atoms with E-state index >= 15 is 0 Å². The first-order chi connectivity index (χ1) is 6.82. The van der Waals surface area contributed by atoms with Gasteiger partial charge in [0.05, 0.1) is 11.6 Å². The van der Waals surface area contributed by atoms with Crippen molar-refractivity contribution in [2.24, 2.45) is 5.84 Å². The van der Waals surface area contributed by atoms with Crippen LogP contribution >= 0.6 is 11.3 Å². The first-order valence-electron chi connectivity index (χ1n) is 4.86. The Balaban J connectivity index is 2.20. The molecule has 1 fully saturated rings. The number of rotatable bonds is 4. The van der Waals surface area contributed by atoms with E-state index in [1.54, 1.807) is 18.4 Å². The highest BCUT2D eigenvalue weighted by Crippen LogP contribution is 2.44. The molecule has 1 atom stereocenters. The first-order valence-corrected chi connectivity index (χ1v) is 5.80. The van der Waals surface area contributed by atoms with Crippen molar-refractivity contribution >= 4 is 11.3 Å². The summed E-state index contributed by atoms with van der Waals surface area (Å²) in [6, 6.07) is 2.24. The molecule has 0 radical (unpaired) electrons. The van der Waals surface area contributed by atoms with E-state index in [1.165, 1.54) is 12.0 Å². The molecule has 0 spiro atoms. The number of methoxy groups -OCH3 is 1. The maximum absolute atomic E-state index is 5.61. The Morgan fingerprint density at radius 3 is 2.79 bits per heavy atom. The molecule has 3 N–H and O–H groups in total. The number of nitrogens with two attached hydrogens (primary N) is 1. The molecule has 78 valence electrons. The number of hydrogen-bond donors (Lipinski definition) is 2. The molecular formula is C10H16N2OS. The van der Waals surface area contributed by atoms with Gasteiger partial charge in [-0.25, -0.2) is 0 Å². The molecule has 1 aromatic heterocycles. The maximum atomic E-state index is 5.61. The van der Waals surface area contributed by atoms with Gasteiger partial charge in [-0.15, -0.1) is 0 Å². The highest BCUT2D eigenvalue weighted by Gasteiger charge is 2.44. The van der Waals surface area contributed by atoms with Crippen LogP contribution in [0.3, 0.4) is 0 Å². The fourth-order valence-corrected chi connectivity index (χ4v) is 2.81. The van der Waals surface area contributed by atoms with Gasteiger partial charge in [-0.2, -0.15) is 11.3 Å². The smallest absolute Gasteiger partial charge is 0.0885 e. The third-order valence-electron chi connectivity index (χ3n) is 3.18. The van der Waals surface area contributed by atoms with E-state index in [0.29, 0.717) is 0 Å². The lowest BCUT2D eigenvalue weighted by molar-refractivity contribution is -0.0998. The normalized spacial score (nSPS) is 21.6. The monoisotopic (exact) mass is 212 g/mol. The van der Waals surface area contributed by atoms with E-state index in [2.05, 4.69) is 22.3 Å². The topological polar surface area (TPSA) is 47.3 Å². The van der Waals surface area contributed by atoms with Crippen LogP contribution in [0.25, 0.3) is 0 Å². The van der Waals surface area contributed by atoms with Crippen LogP contribution in [-0.2, 0) is 4.74 Å². The molecule has 3 nitrogen and oxygen atoms in total. The van der Waals surface area contributed by atoms with E-state index in [9.17, 15) is 0 Å². The number of hydrogen-bond acceptors (Lipinski definition) is 4. The average molecular weight is 212 g/mol. The van der Waals surface area contributed by atoms with Crippen molar-refractivity contribution < 1.29 is 4.74 Å². The van der Waals surface area contributed by atoms with Crippen molar-refractivity contribution in [3.05, 3.63) is 22.4 Å². The van der Waals surface area contributed by atoms with E-state index in [1.807, 2.05) is 0 Å². The van der Waals surface area contributed by atoms with Crippen LogP contribution < -0.4 is 11.3 Å². The average Bonchev–Trinajstić information content (AvgIpc) is 2.63. The minimum Gasteiger partial charge on any atom is -0.376 e. The number of thiophene rings is 1. The predicted octanol–water partition coefficient (Wildman–Crippen LogP) is 1.82. The second-order valence-corrected chi connectivity index (χ2v) is 4.56. The molecule has 0 bridgehead atoms. The fraction of sp³-hybridized carbons (Fsp3) is 0.600. The van der Waals surface area contributed by atoms with E-state index < -0.39 is 0 Å². The molecule has 0 saturated heterocycles. The first kappa shape index (κ1) is 10.1. The molecule has 14 heavy (non-hydrogen) atoms. The minimum absolute atomic E-state index is 0.0736. The Bertz CT molecular complexity index is 277. The summed E-state index contributed by atoms with van der Waals surface area (Å²) in [4.78, 5) is 0. The van der Waals surface area contributed by atoms with Crippen LogP contribution in [0.5, 0.6) is 0 Å². The highest BCUT2D eigenvalue weighted by molar-refractivity contribution is 7.07. The predicted molar refractivity (Wildman–Crippen MR) is 58.0 cm³/mol. The van der Waals surface area contributed by atoms with Crippen LogP contribution in [0, 0.1) is 0 Å². The fourth-order valence-electron chi connectivity index (χ4n) is 2.13. The largest absolute Gasteiger partial charge is 0.376 e. The Kier molecular flexibility index (Phi) is 2.88. The summed E-state index contributed by atoms with van der Waals surface area (Å²) in [6.45, 7) is 0. The summed E-state index contributed by atoms with van der Waals surface area (Å²) < 4.78 is 5.61. The summed E-state index contributed by atoms with van der Waals surface area (Å²) in [5, 5.41) is 4.20. The van der Waals surface area contributed by atoms with E-state index in [4.69, 9.17) is 10.6 Å². The number of hydrazine groups is 1. The van der Waals surface area contributed by atoms with Gasteiger partial charge in [0.2, 0.25) is 0 Å². The molecule has 1 saturated carbocycles. The maximum Gasteiger partial charge on any atom is 0.0885 e. The van der Waals surface area contributed by atoms with Gasteiger partial charge in [0.15, 0.2) is 0 Å².